The number of rotatable bonds is 5. The number of benzene rings is 2. The van der Waals surface area contributed by atoms with Gasteiger partial charge in [-0.3, -0.25) is 9.59 Å². The lowest BCUT2D eigenvalue weighted by atomic mass is 10.00. The van der Waals surface area contributed by atoms with E-state index in [0.717, 1.165) is 21.1 Å². The minimum atomic E-state index is -0.490. The number of hydrogen-bond acceptors (Lipinski definition) is 6. The van der Waals surface area contributed by atoms with Crippen LogP contribution in [0.1, 0.15) is 10.4 Å². The van der Waals surface area contributed by atoms with Gasteiger partial charge >= 0.3 is 0 Å². The van der Waals surface area contributed by atoms with E-state index in [0.29, 0.717) is 24.3 Å². The number of aromatic nitrogens is 1. The summed E-state index contributed by atoms with van der Waals surface area (Å²) in [6.45, 7) is 1.25. The highest BCUT2D eigenvalue weighted by Gasteiger charge is 2.34. The maximum Gasteiger partial charge on any atom is 0.248 e. The molecule has 2 aromatic carbocycles. The van der Waals surface area contributed by atoms with Crippen LogP contribution in [0.15, 0.2) is 42.5 Å². The summed E-state index contributed by atoms with van der Waals surface area (Å²) in [5, 5.41) is 3.78. The predicted octanol–water partition coefficient (Wildman–Crippen LogP) is 2.48. The summed E-state index contributed by atoms with van der Waals surface area (Å²) in [6, 6.07) is 12.4. The Hall–Kier alpha value is -3.13. The first-order valence-corrected chi connectivity index (χ1v) is 9.25. The van der Waals surface area contributed by atoms with Crippen LogP contribution in [0.25, 0.3) is 10.2 Å². The van der Waals surface area contributed by atoms with Gasteiger partial charge in [0.15, 0.2) is 5.13 Å². The molecule has 4 rings (SSSR count). The van der Waals surface area contributed by atoms with E-state index in [1.165, 1.54) is 0 Å². The maximum absolute atomic E-state index is 12.4. The Morgan fingerprint density at radius 3 is 2.63 bits per heavy atom. The number of fused-ring (bicyclic) bond motifs is 1. The molecular weight excluding hydrogens is 364 g/mol. The lowest BCUT2D eigenvalue weighted by Crippen LogP contribution is -2.52. The Kier molecular flexibility index (Phi) is 4.41. The van der Waals surface area contributed by atoms with Gasteiger partial charge in [-0.1, -0.05) is 11.3 Å². The predicted molar refractivity (Wildman–Crippen MR) is 105 cm³/mol. The molecule has 0 atom stereocenters. The van der Waals surface area contributed by atoms with E-state index >= 15 is 0 Å². The van der Waals surface area contributed by atoms with Crippen molar-refractivity contribution in [3.05, 3.63) is 48.0 Å². The number of nitrogens with zero attached hydrogens (tertiary/aromatic N) is 2. The first kappa shape index (κ1) is 17.3. The zero-order chi connectivity index (χ0) is 19.0. The normalized spacial score (nSPS) is 14.0. The van der Waals surface area contributed by atoms with Crippen molar-refractivity contribution in [2.75, 3.05) is 30.4 Å². The van der Waals surface area contributed by atoms with Gasteiger partial charge in [0.25, 0.3) is 0 Å². The third-order valence-corrected chi connectivity index (χ3v) is 5.64. The van der Waals surface area contributed by atoms with Gasteiger partial charge in [-0.05, 0) is 36.4 Å². The molecule has 1 fully saturated rings. The van der Waals surface area contributed by atoms with Crippen molar-refractivity contribution < 1.29 is 14.3 Å². The fraction of sp³-hybridized carbons (Fsp3) is 0.211. The monoisotopic (exact) mass is 382 g/mol. The van der Waals surface area contributed by atoms with Crippen LogP contribution in [0.5, 0.6) is 5.75 Å². The lowest BCUT2D eigenvalue weighted by Gasteiger charge is -2.37. The number of carbonyl (C=O) groups excluding carboxylic acids is 2. The summed E-state index contributed by atoms with van der Waals surface area (Å²) >= 11 is 1.61. The van der Waals surface area contributed by atoms with E-state index < -0.39 is 5.91 Å². The molecular formula is C19H18N4O3S. The van der Waals surface area contributed by atoms with Crippen molar-refractivity contribution in [2.45, 2.75) is 0 Å². The van der Waals surface area contributed by atoms with Gasteiger partial charge in [-0.25, -0.2) is 4.98 Å². The molecule has 2 amide bonds. The molecule has 1 aliphatic heterocycles. The van der Waals surface area contributed by atoms with Crippen molar-refractivity contribution in [1.82, 2.24) is 4.98 Å². The third-order valence-electron chi connectivity index (χ3n) is 4.54. The molecule has 27 heavy (non-hydrogen) atoms. The zero-order valence-electron chi connectivity index (χ0n) is 14.6. The number of thiazole rings is 1. The van der Waals surface area contributed by atoms with Gasteiger partial charge in [-0.15, -0.1) is 0 Å². The summed E-state index contributed by atoms with van der Waals surface area (Å²) in [6.07, 6.45) is 0. The van der Waals surface area contributed by atoms with Crippen LogP contribution >= 0.6 is 11.3 Å². The second-order valence-electron chi connectivity index (χ2n) is 6.36. The van der Waals surface area contributed by atoms with Crippen LogP contribution in [0.4, 0.5) is 10.8 Å². The molecule has 3 N–H and O–H groups in total. The topological polar surface area (TPSA) is 97.5 Å². The van der Waals surface area contributed by atoms with Crippen LogP contribution in [0, 0.1) is 5.92 Å². The van der Waals surface area contributed by atoms with E-state index in [4.69, 9.17) is 10.5 Å². The molecule has 1 saturated heterocycles. The number of primary amides is 1. The average Bonchev–Trinajstić information content (AvgIpc) is 3.03. The minimum Gasteiger partial charge on any atom is -0.497 e. The highest BCUT2D eigenvalue weighted by molar-refractivity contribution is 7.22. The van der Waals surface area contributed by atoms with Gasteiger partial charge in [0.05, 0.1) is 23.2 Å². The average molecular weight is 382 g/mol. The van der Waals surface area contributed by atoms with Gasteiger partial charge < -0.3 is 20.7 Å². The number of amides is 2. The summed E-state index contributed by atoms with van der Waals surface area (Å²) < 4.78 is 6.32. The van der Waals surface area contributed by atoms with E-state index in [1.54, 1.807) is 42.7 Å². The first-order valence-electron chi connectivity index (χ1n) is 8.44. The number of methoxy groups -OCH3 is 1. The van der Waals surface area contributed by atoms with E-state index in [9.17, 15) is 9.59 Å². The zero-order valence-corrected chi connectivity index (χ0v) is 15.5. The molecule has 138 valence electrons. The molecule has 1 aromatic heterocycles. The molecule has 0 aliphatic carbocycles. The second kappa shape index (κ2) is 6.88. The van der Waals surface area contributed by atoms with Crippen molar-refractivity contribution in [2.24, 2.45) is 11.7 Å². The summed E-state index contributed by atoms with van der Waals surface area (Å²) in [5.74, 6) is 0.154. The van der Waals surface area contributed by atoms with E-state index in [-0.39, 0.29) is 11.8 Å². The molecule has 0 spiro atoms. The standard InChI is InChI=1S/C19H18N4O3S/c1-26-14-6-7-16-15(8-14)22-19(27-16)23-9-12(10-23)18(25)21-13-4-2-11(3-5-13)17(20)24/h2-8,12H,9-10H2,1H3,(H2,20,24)(H,21,25). The number of anilines is 2. The number of nitrogens with one attached hydrogen (secondary N) is 1. The Bertz CT molecular complexity index is 1010. The highest BCUT2D eigenvalue weighted by Crippen LogP contribution is 2.34. The molecule has 1 aliphatic rings. The first-order chi connectivity index (χ1) is 13.0. The van der Waals surface area contributed by atoms with Gasteiger partial charge in [0.2, 0.25) is 11.8 Å². The third kappa shape index (κ3) is 3.43. The van der Waals surface area contributed by atoms with Crippen LogP contribution in [0.2, 0.25) is 0 Å². The fourth-order valence-electron chi connectivity index (χ4n) is 2.92. The highest BCUT2D eigenvalue weighted by atomic mass is 32.1. The Balaban J connectivity index is 1.37. The largest absolute Gasteiger partial charge is 0.497 e. The molecule has 7 nitrogen and oxygen atoms in total. The molecule has 3 aromatic rings. The molecule has 0 unspecified atom stereocenters. The van der Waals surface area contributed by atoms with E-state index in [1.807, 2.05) is 18.2 Å². The molecule has 8 heteroatoms. The quantitative estimate of drug-likeness (QED) is 0.706. The molecule has 2 heterocycles. The van der Waals surface area contributed by atoms with Gasteiger partial charge in [0.1, 0.15) is 5.75 Å². The minimum absolute atomic E-state index is 0.0409. The maximum atomic E-state index is 12.4. The SMILES string of the molecule is COc1ccc2sc(N3CC(C(=O)Nc4ccc(C(N)=O)cc4)C3)nc2c1. The summed E-state index contributed by atoms with van der Waals surface area (Å²) in [5.41, 5.74) is 7.18. The van der Waals surface area contributed by atoms with Gasteiger partial charge in [-0.2, -0.15) is 0 Å². The van der Waals surface area contributed by atoms with Crippen LogP contribution < -0.4 is 20.7 Å². The van der Waals surface area contributed by atoms with Crippen molar-refractivity contribution in [1.29, 1.82) is 0 Å². The van der Waals surface area contributed by atoms with Crippen LogP contribution in [-0.4, -0.2) is 37.0 Å². The number of nitrogens with two attached hydrogens (primary N) is 1. The smallest absolute Gasteiger partial charge is 0.248 e. The molecule has 0 bridgehead atoms. The van der Waals surface area contributed by atoms with Crippen LogP contribution in [0.3, 0.4) is 0 Å². The number of ether oxygens (including phenoxy) is 1. The lowest BCUT2D eigenvalue weighted by molar-refractivity contribution is -0.120. The Morgan fingerprint density at radius 1 is 1.22 bits per heavy atom. The van der Waals surface area contributed by atoms with Crippen molar-refractivity contribution in [3.63, 3.8) is 0 Å². The Morgan fingerprint density at radius 2 is 1.96 bits per heavy atom. The van der Waals surface area contributed by atoms with Crippen LogP contribution in [-0.2, 0) is 4.79 Å². The van der Waals surface area contributed by atoms with E-state index in [2.05, 4.69) is 15.2 Å². The fourth-order valence-corrected chi connectivity index (χ4v) is 3.88. The second-order valence-corrected chi connectivity index (χ2v) is 7.37. The summed E-state index contributed by atoms with van der Waals surface area (Å²) in [7, 11) is 1.63. The number of hydrogen-bond donors (Lipinski definition) is 2. The number of carbonyl (C=O) groups is 2. The van der Waals surface area contributed by atoms with Gasteiger partial charge in [0, 0.05) is 30.4 Å². The molecule has 0 saturated carbocycles. The van der Waals surface area contributed by atoms with Crippen molar-refractivity contribution >= 4 is 44.2 Å². The van der Waals surface area contributed by atoms with Crippen molar-refractivity contribution in [3.8, 4) is 5.75 Å². The summed E-state index contributed by atoms with van der Waals surface area (Å²) in [4.78, 5) is 30.2. The Labute approximate surface area is 159 Å². The molecule has 0 radical (unpaired) electrons.